The first-order valence-electron chi connectivity index (χ1n) is 8.52. The van der Waals surface area contributed by atoms with E-state index in [0.29, 0.717) is 6.04 Å². The molecule has 2 aliphatic rings. The van der Waals surface area contributed by atoms with Crippen LogP contribution in [0.25, 0.3) is 0 Å². The molecular weight excluding hydrogens is 260 g/mol. The van der Waals surface area contributed by atoms with Gasteiger partial charge in [-0.25, -0.2) is 0 Å². The molecule has 1 saturated carbocycles. The van der Waals surface area contributed by atoms with Crippen LogP contribution >= 0.6 is 0 Å². The molecule has 0 aromatic heterocycles. The highest BCUT2D eigenvalue weighted by Crippen LogP contribution is 2.34. The quantitative estimate of drug-likeness (QED) is 0.781. The summed E-state index contributed by atoms with van der Waals surface area (Å²) in [5.74, 6) is 1.94. The third kappa shape index (κ3) is 4.21. The van der Waals surface area contributed by atoms with Gasteiger partial charge in [0.05, 0.1) is 6.61 Å². The first-order valence-corrected chi connectivity index (χ1v) is 8.52. The van der Waals surface area contributed by atoms with E-state index in [9.17, 15) is 0 Å². The van der Waals surface area contributed by atoms with Crippen LogP contribution in [0.4, 0.5) is 0 Å². The van der Waals surface area contributed by atoms with Gasteiger partial charge in [0.25, 0.3) is 0 Å². The predicted molar refractivity (Wildman–Crippen MR) is 86.7 cm³/mol. The molecule has 0 spiro atoms. The summed E-state index contributed by atoms with van der Waals surface area (Å²) in [7, 11) is 0. The second-order valence-corrected chi connectivity index (χ2v) is 6.42. The Bertz CT molecular complexity index is 418. The van der Waals surface area contributed by atoms with Crippen molar-refractivity contribution in [2.75, 3.05) is 26.2 Å². The maximum absolute atomic E-state index is 5.81. The van der Waals surface area contributed by atoms with Crippen LogP contribution < -0.4 is 10.1 Å². The second-order valence-electron chi connectivity index (χ2n) is 6.42. The minimum absolute atomic E-state index is 0.705. The summed E-state index contributed by atoms with van der Waals surface area (Å²) in [6, 6.07) is 11.6. The van der Waals surface area contributed by atoms with Crippen molar-refractivity contribution in [1.82, 2.24) is 10.2 Å². The molecule has 1 aliphatic heterocycles. The smallest absolute Gasteiger partial charge is 0.119 e. The molecule has 2 atom stereocenters. The molecule has 2 fully saturated rings. The van der Waals surface area contributed by atoms with Crippen LogP contribution in [-0.4, -0.2) is 43.2 Å². The highest BCUT2D eigenvalue weighted by atomic mass is 16.5. The number of hydrogen-bond acceptors (Lipinski definition) is 3. The molecule has 2 unspecified atom stereocenters. The lowest BCUT2D eigenvalue weighted by atomic mass is 10.0. The molecule has 1 heterocycles. The Balaban J connectivity index is 1.41. The Morgan fingerprint density at radius 2 is 2.05 bits per heavy atom. The van der Waals surface area contributed by atoms with Gasteiger partial charge >= 0.3 is 0 Å². The molecule has 1 N–H and O–H groups in total. The van der Waals surface area contributed by atoms with E-state index in [4.69, 9.17) is 4.74 Å². The number of piperazine rings is 1. The van der Waals surface area contributed by atoms with Crippen LogP contribution in [0.1, 0.15) is 32.6 Å². The van der Waals surface area contributed by atoms with Crippen molar-refractivity contribution in [2.24, 2.45) is 5.92 Å². The molecule has 116 valence electrons. The number of para-hydroxylation sites is 1. The Labute approximate surface area is 128 Å². The van der Waals surface area contributed by atoms with E-state index in [-0.39, 0.29) is 0 Å². The van der Waals surface area contributed by atoms with Crippen molar-refractivity contribution < 1.29 is 4.74 Å². The number of benzene rings is 1. The monoisotopic (exact) mass is 288 g/mol. The topological polar surface area (TPSA) is 24.5 Å². The molecule has 1 aromatic rings. The highest BCUT2D eigenvalue weighted by molar-refractivity contribution is 5.20. The minimum Gasteiger partial charge on any atom is -0.494 e. The first-order chi connectivity index (χ1) is 10.4. The molecular formula is C18H28N2O. The summed E-state index contributed by atoms with van der Waals surface area (Å²) in [5, 5.41) is 3.76. The maximum atomic E-state index is 5.81. The van der Waals surface area contributed by atoms with Gasteiger partial charge in [0, 0.05) is 31.7 Å². The van der Waals surface area contributed by atoms with Gasteiger partial charge in [-0.2, -0.15) is 0 Å². The summed E-state index contributed by atoms with van der Waals surface area (Å²) in [6.45, 7) is 6.68. The highest BCUT2D eigenvalue weighted by Gasteiger charge is 2.36. The second kappa shape index (κ2) is 7.28. The van der Waals surface area contributed by atoms with E-state index in [0.717, 1.165) is 43.8 Å². The number of hydrogen-bond donors (Lipinski definition) is 1. The summed E-state index contributed by atoms with van der Waals surface area (Å²) < 4.78 is 5.81. The normalized spacial score (nSPS) is 26.7. The van der Waals surface area contributed by atoms with E-state index >= 15 is 0 Å². The fourth-order valence-corrected chi connectivity index (χ4v) is 3.35. The van der Waals surface area contributed by atoms with E-state index in [2.05, 4.69) is 17.1 Å². The van der Waals surface area contributed by atoms with Crippen LogP contribution in [0.15, 0.2) is 30.3 Å². The zero-order valence-electron chi connectivity index (χ0n) is 13.1. The van der Waals surface area contributed by atoms with Gasteiger partial charge < -0.3 is 10.1 Å². The van der Waals surface area contributed by atoms with Crippen LogP contribution in [-0.2, 0) is 0 Å². The number of rotatable bonds is 7. The largest absolute Gasteiger partial charge is 0.494 e. The van der Waals surface area contributed by atoms with Crippen LogP contribution in [0.5, 0.6) is 5.75 Å². The molecule has 0 bridgehead atoms. The first kappa shape index (κ1) is 14.9. The van der Waals surface area contributed by atoms with Gasteiger partial charge in [-0.15, -0.1) is 0 Å². The zero-order valence-corrected chi connectivity index (χ0v) is 13.1. The van der Waals surface area contributed by atoms with Gasteiger partial charge in [0.1, 0.15) is 5.75 Å². The fraction of sp³-hybridized carbons (Fsp3) is 0.667. The summed E-state index contributed by atoms with van der Waals surface area (Å²) >= 11 is 0. The Morgan fingerprint density at radius 3 is 2.76 bits per heavy atom. The fourth-order valence-electron chi connectivity index (χ4n) is 3.35. The lowest BCUT2D eigenvalue weighted by Crippen LogP contribution is -2.57. The van der Waals surface area contributed by atoms with E-state index < -0.39 is 0 Å². The van der Waals surface area contributed by atoms with Gasteiger partial charge in [-0.3, -0.25) is 4.90 Å². The average molecular weight is 288 g/mol. The Hall–Kier alpha value is -1.06. The van der Waals surface area contributed by atoms with Crippen molar-refractivity contribution in [3.63, 3.8) is 0 Å². The molecule has 3 heteroatoms. The van der Waals surface area contributed by atoms with E-state index in [1.165, 1.54) is 25.8 Å². The molecule has 3 rings (SSSR count). The summed E-state index contributed by atoms with van der Waals surface area (Å²) in [4.78, 5) is 2.69. The third-order valence-corrected chi connectivity index (χ3v) is 4.83. The van der Waals surface area contributed by atoms with Gasteiger partial charge in [-0.05, 0) is 43.7 Å². The van der Waals surface area contributed by atoms with E-state index in [1.807, 2.05) is 30.3 Å². The van der Waals surface area contributed by atoms with Crippen molar-refractivity contribution in [3.05, 3.63) is 30.3 Å². The SMILES string of the molecule is CCC1CNC(C2CC2)CN1CCCOc1ccccc1. The van der Waals surface area contributed by atoms with Crippen molar-refractivity contribution >= 4 is 0 Å². The zero-order chi connectivity index (χ0) is 14.5. The lowest BCUT2D eigenvalue weighted by molar-refractivity contribution is 0.111. The summed E-state index contributed by atoms with van der Waals surface area (Å²) in [5.41, 5.74) is 0. The van der Waals surface area contributed by atoms with E-state index in [1.54, 1.807) is 0 Å². The number of ether oxygens (including phenoxy) is 1. The molecule has 1 saturated heterocycles. The van der Waals surface area contributed by atoms with Gasteiger partial charge in [0.2, 0.25) is 0 Å². The van der Waals surface area contributed by atoms with Crippen LogP contribution in [0.3, 0.4) is 0 Å². The van der Waals surface area contributed by atoms with Crippen LogP contribution in [0.2, 0.25) is 0 Å². The predicted octanol–water partition coefficient (Wildman–Crippen LogP) is 2.92. The molecule has 1 aromatic carbocycles. The van der Waals surface area contributed by atoms with Gasteiger partial charge in [0.15, 0.2) is 0 Å². The van der Waals surface area contributed by atoms with Crippen molar-refractivity contribution in [3.8, 4) is 5.75 Å². The third-order valence-electron chi connectivity index (χ3n) is 4.83. The Kier molecular flexibility index (Phi) is 5.15. The Morgan fingerprint density at radius 1 is 1.24 bits per heavy atom. The molecule has 0 radical (unpaired) electrons. The van der Waals surface area contributed by atoms with Gasteiger partial charge in [-0.1, -0.05) is 25.1 Å². The minimum atomic E-state index is 0.705. The lowest BCUT2D eigenvalue weighted by Gasteiger charge is -2.40. The number of nitrogens with zero attached hydrogens (tertiary/aromatic N) is 1. The van der Waals surface area contributed by atoms with Crippen LogP contribution in [0, 0.1) is 5.92 Å². The molecule has 3 nitrogen and oxygen atoms in total. The standard InChI is InChI=1S/C18H28N2O/c1-2-16-13-19-18(15-9-10-15)14-20(16)11-6-12-21-17-7-4-3-5-8-17/h3-5,7-8,15-16,18-19H,2,6,9-14H2,1H3. The molecule has 21 heavy (non-hydrogen) atoms. The molecule has 1 aliphatic carbocycles. The maximum Gasteiger partial charge on any atom is 0.119 e. The average Bonchev–Trinajstić information content (AvgIpc) is 3.37. The van der Waals surface area contributed by atoms with Crippen molar-refractivity contribution in [1.29, 1.82) is 0 Å². The summed E-state index contributed by atoms with van der Waals surface area (Å²) in [6.07, 6.45) is 5.21. The molecule has 0 amide bonds. The van der Waals surface area contributed by atoms with Crippen molar-refractivity contribution in [2.45, 2.75) is 44.7 Å². The number of nitrogens with one attached hydrogen (secondary N) is 1.